The summed E-state index contributed by atoms with van der Waals surface area (Å²) in [5, 5.41) is 22.2. The average molecular weight is 246 g/mol. The molecule has 18 heavy (non-hydrogen) atoms. The fourth-order valence-electron chi connectivity index (χ4n) is 2.13. The van der Waals surface area contributed by atoms with Crippen molar-refractivity contribution in [1.82, 2.24) is 4.73 Å². The molecule has 2 aromatic rings. The number of benzene rings is 1. The predicted molar refractivity (Wildman–Crippen MR) is 69.4 cm³/mol. The molecule has 0 unspecified atom stereocenters. The van der Waals surface area contributed by atoms with Crippen molar-refractivity contribution < 1.29 is 9.94 Å². The zero-order valence-electron chi connectivity index (χ0n) is 10.8. The van der Waals surface area contributed by atoms with Gasteiger partial charge in [-0.15, -0.1) is 0 Å². The lowest BCUT2D eigenvalue weighted by Gasteiger charge is -2.02. The third-order valence-electron chi connectivity index (χ3n) is 3.14. The largest absolute Gasteiger partial charge is 0.710 e. The molecule has 0 atom stereocenters. The molecule has 4 nitrogen and oxygen atoms in total. The normalized spacial score (nSPS) is 10.8. The van der Waals surface area contributed by atoms with Crippen LogP contribution in [0.1, 0.15) is 31.3 Å². The van der Waals surface area contributed by atoms with Crippen molar-refractivity contribution in [3.63, 3.8) is 0 Å². The molecule has 4 heteroatoms. The van der Waals surface area contributed by atoms with Crippen LogP contribution in [0.3, 0.4) is 0 Å². The molecule has 96 valence electrons. The van der Waals surface area contributed by atoms with Gasteiger partial charge in [0.2, 0.25) is 5.69 Å². The first-order chi connectivity index (χ1) is 8.66. The van der Waals surface area contributed by atoms with Gasteiger partial charge in [0.15, 0.2) is 5.69 Å². The van der Waals surface area contributed by atoms with Gasteiger partial charge in [0.05, 0.1) is 6.42 Å². The zero-order chi connectivity index (χ0) is 13.1. The van der Waals surface area contributed by atoms with Gasteiger partial charge in [0.1, 0.15) is 0 Å². The second-order valence-electron chi connectivity index (χ2n) is 4.43. The van der Waals surface area contributed by atoms with Gasteiger partial charge in [0, 0.05) is 12.5 Å². The first-order valence-electron chi connectivity index (χ1n) is 6.25. The van der Waals surface area contributed by atoms with E-state index >= 15 is 0 Å². The van der Waals surface area contributed by atoms with Crippen LogP contribution >= 0.6 is 0 Å². The minimum absolute atomic E-state index is 0.410. The summed E-state index contributed by atoms with van der Waals surface area (Å²) in [6.07, 6.45) is 2.47. The number of hydrogen-bond donors (Lipinski definition) is 1. The van der Waals surface area contributed by atoms with Gasteiger partial charge >= 0.3 is 0 Å². The fourth-order valence-corrected chi connectivity index (χ4v) is 2.13. The highest BCUT2D eigenvalue weighted by atomic mass is 16.5. The van der Waals surface area contributed by atoms with E-state index in [0.717, 1.165) is 27.9 Å². The van der Waals surface area contributed by atoms with Crippen LogP contribution in [0.25, 0.3) is 11.3 Å². The number of imidazole rings is 1. The van der Waals surface area contributed by atoms with Crippen molar-refractivity contribution in [2.24, 2.45) is 0 Å². The predicted octanol–water partition coefficient (Wildman–Crippen LogP) is 2.68. The van der Waals surface area contributed by atoms with Gasteiger partial charge in [-0.25, -0.2) is 4.73 Å². The van der Waals surface area contributed by atoms with Gasteiger partial charge in [-0.05, 0) is 11.2 Å². The number of unbranched alkanes of at least 4 members (excludes halogenated alkanes) is 1. The Morgan fingerprint density at radius 3 is 2.56 bits per heavy atom. The van der Waals surface area contributed by atoms with E-state index in [2.05, 4.69) is 6.92 Å². The van der Waals surface area contributed by atoms with Crippen molar-refractivity contribution in [3.05, 3.63) is 47.1 Å². The second kappa shape index (κ2) is 5.12. The van der Waals surface area contributed by atoms with Crippen molar-refractivity contribution in [1.29, 1.82) is 0 Å². The Morgan fingerprint density at radius 1 is 1.28 bits per heavy atom. The molecule has 0 aliphatic rings. The minimum atomic E-state index is 0.410. The highest BCUT2D eigenvalue weighted by Gasteiger charge is 2.25. The smallest absolute Gasteiger partial charge is 0.300 e. The molecule has 0 aliphatic heterocycles. The van der Waals surface area contributed by atoms with Crippen LogP contribution in [0, 0.1) is 12.1 Å². The molecule has 0 amide bonds. The molecule has 0 radical (unpaired) electrons. The van der Waals surface area contributed by atoms with Crippen molar-refractivity contribution >= 4 is 0 Å². The van der Waals surface area contributed by atoms with Gasteiger partial charge < -0.3 is 10.4 Å². The van der Waals surface area contributed by atoms with E-state index in [4.69, 9.17) is 0 Å². The first-order valence-corrected chi connectivity index (χ1v) is 6.25. The topological polar surface area (TPSA) is 52.1 Å². The maximum Gasteiger partial charge on any atom is 0.300 e. The molecule has 1 N–H and O–H groups in total. The first kappa shape index (κ1) is 12.5. The Labute approximate surface area is 107 Å². The molecule has 0 fully saturated rings. The fraction of sp³-hybridized carbons (Fsp3) is 0.357. The van der Waals surface area contributed by atoms with E-state index in [-0.39, 0.29) is 0 Å². The number of aromatic nitrogens is 2. The van der Waals surface area contributed by atoms with Gasteiger partial charge in [0.25, 0.3) is 5.82 Å². The Kier molecular flexibility index (Phi) is 3.55. The molecule has 1 aromatic heterocycles. The molecule has 0 aliphatic carbocycles. The number of nitrogens with zero attached hydrogens (tertiary/aromatic N) is 2. The monoisotopic (exact) mass is 246 g/mol. The lowest BCUT2D eigenvalue weighted by Crippen LogP contribution is -2.33. The molecular weight excluding hydrogens is 228 g/mol. The van der Waals surface area contributed by atoms with E-state index in [1.54, 1.807) is 6.92 Å². The third-order valence-corrected chi connectivity index (χ3v) is 3.14. The van der Waals surface area contributed by atoms with Crippen LogP contribution in [-0.4, -0.2) is 9.94 Å². The molecule has 1 heterocycles. The summed E-state index contributed by atoms with van der Waals surface area (Å²) < 4.78 is 1.87. The Balaban J connectivity index is 2.49. The average Bonchev–Trinajstić information content (AvgIpc) is 2.60. The molecular formula is C14H18N2O2. The summed E-state index contributed by atoms with van der Waals surface area (Å²) in [5.41, 5.74) is 1.97. The highest BCUT2D eigenvalue weighted by molar-refractivity contribution is 5.61. The number of rotatable bonds is 4. The summed E-state index contributed by atoms with van der Waals surface area (Å²) in [4.78, 5) is 0. The van der Waals surface area contributed by atoms with Crippen LogP contribution in [-0.2, 0) is 6.42 Å². The van der Waals surface area contributed by atoms with Crippen LogP contribution in [0.2, 0.25) is 0 Å². The van der Waals surface area contributed by atoms with E-state index < -0.39 is 0 Å². The maximum absolute atomic E-state index is 12.0. The van der Waals surface area contributed by atoms with E-state index in [1.165, 1.54) is 0 Å². The van der Waals surface area contributed by atoms with Gasteiger partial charge in [-0.1, -0.05) is 43.7 Å². The van der Waals surface area contributed by atoms with Crippen LogP contribution in [0.5, 0.6) is 0 Å². The van der Waals surface area contributed by atoms with Crippen LogP contribution in [0.15, 0.2) is 30.3 Å². The van der Waals surface area contributed by atoms with Gasteiger partial charge in [-0.3, -0.25) is 0 Å². The second-order valence-corrected chi connectivity index (χ2v) is 4.43. The SMILES string of the molecule is CCCCc1n(O)c(-c2ccccc2)c(C)[n+]1[O-]. The Morgan fingerprint density at radius 2 is 1.94 bits per heavy atom. The summed E-state index contributed by atoms with van der Waals surface area (Å²) in [7, 11) is 0. The van der Waals surface area contributed by atoms with Gasteiger partial charge in [-0.2, -0.15) is 0 Å². The minimum Gasteiger partial charge on any atom is -0.710 e. The summed E-state index contributed by atoms with van der Waals surface area (Å²) >= 11 is 0. The summed E-state index contributed by atoms with van der Waals surface area (Å²) in [6.45, 7) is 3.79. The van der Waals surface area contributed by atoms with Crippen LogP contribution in [0.4, 0.5) is 0 Å². The highest BCUT2D eigenvalue weighted by Crippen LogP contribution is 2.22. The quantitative estimate of drug-likeness (QED) is 0.512. The lowest BCUT2D eigenvalue weighted by atomic mass is 10.1. The molecule has 0 saturated carbocycles. The summed E-state index contributed by atoms with van der Waals surface area (Å²) in [6, 6.07) is 9.47. The van der Waals surface area contributed by atoms with Crippen molar-refractivity contribution in [2.45, 2.75) is 33.1 Å². The van der Waals surface area contributed by atoms with Crippen LogP contribution < -0.4 is 4.73 Å². The standard InChI is InChI=1S/C14H18N2O2/c1-3-4-10-13-15(17)11(2)14(16(13)18)12-8-6-5-7-9-12/h5-9,18H,3-4,10H2,1-2H3. The molecule has 0 bridgehead atoms. The molecule has 0 saturated heterocycles. The van der Waals surface area contributed by atoms with E-state index in [1.807, 2.05) is 30.3 Å². The lowest BCUT2D eigenvalue weighted by molar-refractivity contribution is -0.621. The maximum atomic E-state index is 12.0. The molecule has 1 aromatic carbocycles. The summed E-state index contributed by atoms with van der Waals surface area (Å²) in [5.74, 6) is 0.410. The zero-order valence-corrected chi connectivity index (χ0v) is 10.8. The van der Waals surface area contributed by atoms with Crippen molar-refractivity contribution in [3.8, 4) is 11.3 Å². The number of hydrogen-bond acceptors (Lipinski definition) is 2. The van der Waals surface area contributed by atoms with Crippen molar-refractivity contribution in [2.75, 3.05) is 0 Å². The Hall–Kier alpha value is -1.97. The third kappa shape index (κ3) is 2.06. The van der Waals surface area contributed by atoms with E-state index in [0.29, 0.717) is 23.6 Å². The van der Waals surface area contributed by atoms with E-state index in [9.17, 15) is 10.4 Å². The molecule has 2 rings (SSSR count). The Bertz CT molecular complexity index is 532. The molecule has 0 spiro atoms.